The van der Waals surface area contributed by atoms with Crippen molar-refractivity contribution < 1.29 is 38.4 Å². The Morgan fingerprint density at radius 3 is 0.347 bits per heavy atom. The van der Waals surface area contributed by atoms with Crippen LogP contribution >= 0.6 is 0 Å². The van der Waals surface area contributed by atoms with Gasteiger partial charge in [-0.25, -0.2) is 0 Å². The van der Waals surface area contributed by atoms with Crippen LogP contribution in [0.25, 0.3) is 0 Å². The summed E-state index contributed by atoms with van der Waals surface area (Å²) in [6, 6.07) is 44.5. The Hall–Kier alpha value is -11.3. The molecule has 16 bridgehead atoms. The summed E-state index contributed by atoms with van der Waals surface area (Å²) < 4.78 is 0. The lowest BCUT2D eigenvalue weighted by Gasteiger charge is -2.27. The number of nitrogens with zero attached hydrogens (tertiary/aromatic N) is 4. The zero-order valence-electron chi connectivity index (χ0n) is 88.8. The van der Waals surface area contributed by atoms with Crippen LogP contribution in [0.1, 0.15) is 498 Å². The second kappa shape index (κ2) is 58.2. The van der Waals surface area contributed by atoms with Crippen LogP contribution in [-0.2, 0) is 0 Å². The largest absolute Gasteiger partial charge is 0.355 e. The minimum atomic E-state index is -0.331. The lowest BCUT2D eigenvalue weighted by molar-refractivity contribution is 0.0547. The molecule has 18 aliphatic rings. The summed E-state index contributed by atoms with van der Waals surface area (Å²) in [6.45, 7) is 17.8. The first-order chi connectivity index (χ1) is 70.5. The van der Waals surface area contributed by atoms with Gasteiger partial charge >= 0.3 is 0 Å². The molecular formula is C124H172N12O8. The molecule has 0 aliphatic carbocycles. The van der Waals surface area contributed by atoms with Crippen LogP contribution in [0.4, 0.5) is 91.0 Å². The van der Waals surface area contributed by atoms with Crippen molar-refractivity contribution in [3.8, 4) is 0 Å². The molecule has 8 amide bonds. The number of unbranched alkanes of at least 4 members (excludes halogenated alkanes) is 40. The number of amides is 8. The van der Waals surface area contributed by atoms with Crippen molar-refractivity contribution in [1.82, 2.24) is 19.6 Å². The quantitative estimate of drug-likeness (QED) is 0.0130. The monoisotopic (exact) mass is 1960 g/mol. The molecule has 0 unspecified atom stereocenters. The summed E-state index contributed by atoms with van der Waals surface area (Å²) in [5.74, 6) is -2.65. The molecule has 0 aromatic heterocycles. The maximum absolute atomic E-state index is 15.8. The number of rotatable bonds is 60. The number of nitrogens with one attached hydrogen (secondary N) is 8. The Labute approximate surface area is 862 Å². The average molecular weight is 1960 g/mol. The van der Waals surface area contributed by atoms with Gasteiger partial charge in [-0.3, -0.25) is 58.0 Å². The van der Waals surface area contributed by atoms with Gasteiger partial charge in [-0.2, -0.15) is 0 Å². The van der Waals surface area contributed by atoms with Crippen LogP contribution in [0.3, 0.4) is 0 Å². The van der Waals surface area contributed by atoms with E-state index in [2.05, 4.69) is 97.9 Å². The number of carbonyl (C=O) groups excluding carboxylic acids is 8. The van der Waals surface area contributed by atoms with E-state index in [4.69, 9.17) is 0 Å². The van der Waals surface area contributed by atoms with Gasteiger partial charge in [-0.15, -0.1) is 0 Å². The van der Waals surface area contributed by atoms with E-state index < -0.39 is 0 Å². The van der Waals surface area contributed by atoms with Crippen LogP contribution in [-0.4, -0.2) is 91.0 Å². The van der Waals surface area contributed by atoms with Crippen molar-refractivity contribution in [3.63, 3.8) is 0 Å². The number of fused-ring (bicyclic) bond motifs is 3. The summed E-state index contributed by atoms with van der Waals surface area (Å²) >= 11 is 0. The highest BCUT2D eigenvalue weighted by atomic mass is 16.2. The third-order valence-electron chi connectivity index (χ3n) is 30.6. The van der Waals surface area contributed by atoms with Crippen LogP contribution in [0.15, 0.2) is 146 Å². The summed E-state index contributed by atoms with van der Waals surface area (Å²) in [5, 5.41) is 28.9. The van der Waals surface area contributed by atoms with E-state index in [0.29, 0.717) is 187 Å². The van der Waals surface area contributed by atoms with E-state index in [1.54, 1.807) is 19.6 Å². The highest BCUT2D eigenvalue weighted by Gasteiger charge is 2.48. The van der Waals surface area contributed by atoms with Crippen LogP contribution in [0.2, 0.25) is 0 Å². The van der Waals surface area contributed by atoms with Gasteiger partial charge in [0.25, 0.3) is 47.3 Å². The fourth-order valence-corrected chi connectivity index (χ4v) is 22.4. The van der Waals surface area contributed by atoms with E-state index in [9.17, 15) is 0 Å². The molecule has 8 aromatic carbocycles. The first-order valence-electron chi connectivity index (χ1n) is 57.3. The number of anilines is 16. The molecular weight excluding hydrogens is 1790 g/mol. The first-order valence-corrected chi connectivity index (χ1v) is 57.3. The molecule has 0 saturated heterocycles. The predicted octanol–water partition coefficient (Wildman–Crippen LogP) is 35.8. The molecule has 18 heterocycles. The van der Waals surface area contributed by atoms with Crippen LogP contribution in [0, 0.1) is 0 Å². The van der Waals surface area contributed by atoms with Crippen molar-refractivity contribution in [3.05, 3.63) is 190 Å². The van der Waals surface area contributed by atoms with Gasteiger partial charge in [0.15, 0.2) is 0 Å². The molecule has 0 fully saturated rings. The Balaban J connectivity index is 0.902. The second-order valence-corrected chi connectivity index (χ2v) is 41.9. The number of hydrogen-bond donors (Lipinski definition) is 8. The van der Waals surface area contributed by atoms with Crippen molar-refractivity contribution in [1.29, 1.82) is 0 Å². The molecule has 0 spiro atoms. The van der Waals surface area contributed by atoms with E-state index in [1.165, 1.54) is 51.4 Å². The maximum Gasteiger partial charge on any atom is 0.264 e. The highest BCUT2D eigenvalue weighted by Crippen LogP contribution is 2.47. The number of carbonyl (C=O) groups is 8. The molecule has 144 heavy (non-hydrogen) atoms. The average Bonchev–Trinajstić information content (AvgIpc) is 1.61. The highest BCUT2D eigenvalue weighted by molar-refractivity contribution is 6.30. The minimum Gasteiger partial charge on any atom is -0.355 e. The summed E-state index contributed by atoms with van der Waals surface area (Å²) in [4.78, 5) is 133. The van der Waals surface area contributed by atoms with Gasteiger partial charge in [-0.05, 0) is 197 Å². The molecule has 0 saturated carbocycles. The molecule has 26 rings (SSSR count). The molecule has 8 N–H and O–H groups in total. The van der Waals surface area contributed by atoms with E-state index >= 15 is 38.4 Å². The zero-order valence-corrected chi connectivity index (χ0v) is 88.8. The lowest BCUT2D eigenvalue weighted by atomic mass is 9.98. The van der Waals surface area contributed by atoms with Gasteiger partial charge in [0, 0.05) is 69.7 Å². The zero-order chi connectivity index (χ0) is 101. The lowest BCUT2D eigenvalue weighted by Crippen LogP contribution is -2.40. The van der Waals surface area contributed by atoms with E-state index in [1.807, 2.05) is 146 Å². The Morgan fingerprint density at radius 1 is 0.146 bits per heavy atom. The van der Waals surface area contributed by atoms with Crippen molar-refractivity contribution in [2.24, 2.45) is 0 Å². The Bertz CT molecular complexity index is 4470. The number of hydrogen-bond acceptors (Lipinski definition) is 16. The van der Waals surface area contributed by atoms with Crippen molar-refractivity contribution in [2.45, 2.75) is 439 Å². The predicted molar refractivity (Wildman–Crippen MR) is 599 cm³/mol. The number of benzene rings is 8. The fourth-order valence-electron chi connectivity index (χ4n) is 22.4. The van der Waals surface area contributed by atoms with E-state index in [0.717, 1.165) is 257 Å². The van der Waals surface area contributed by atoms with E-state index in [-0.39, 0.29) is 71.4 Å². The smallest absolute Gasteiger partial charge is 0.264 e. The van der Waals surface area contributed by atoms with Crippen LogP contribution in [0.5, 0.6) is 0 Å². The van der Waals surface area contributed by atoms with Crippen LogP contribution < -0.4 is 42.5 Å². The standard InChI is InChI=1S/C124H172N12O8/c1-9-17-25-33-41-49-57-97(58-50-42-34-26-18-10-2)133-117(137)109-101-81-82-102(110(109)118(133)138)126-90-67-71-92(72-68-90)128-104-84-86-106(114-112(104)120(140)135(122(114)142)99(61-53-45-37-29-21-13-5)62-54-46-38-30-22-14-6)130-94-75-79-96(80-76-94)132-108-88-87-107(115-116(108)124(144)136(123(115)143)100(63-55-47-39-31-23-15-7)64-56-48-40-32-24-16-8)131-95-77-73-93(74-78-95)129-105-85-83-103(127-91-69-65-89(125-101)66-70-91)111-113(105)121(141)134(119(111)139)98(59-51-43-35-27-19-11-3)60-52-44-36-28-20-12-4/h65-88,97-100,125-132H,9-64H2,1-8H3. The van der Waals surface area contributed by atoms with Gasteiger partial charge in [0.1, 0.15) is 0 Å². The molecule has 776 valence electrons. The summed E-state index contributed by atoms with van der Waals surface area (Å²) in [5.41, 5.74) is 11.4. The molecule has 20 heteroatoms. The maximum atomic E-state index is 15.8. The molecule has 0 atom stereocenters. The third kappa shape index (κ3) is 29.6. The normalized spacial score (nSPS) is 13.9. The van der Waals surface area contributed by atoms with Gasteiger partial charge in [0.2, 0.25) is 0 Å². The van der Waals surface area contributed by atoms with Gasteiger partial charge in [-0.1, -0.05) is 364 Å². The summed E-state index contributed by atoms with van der Waals surface area (Å²) in [7, 11) is 0. The van der Waals surface area contributed by atoms with Gasteiger partial charge < -0.3 is 42.5 Å². The van der Waals surface area contributed by atoms with Crippen molar-refractivity contribution in [2.75, 3.05) is 42.5 Å². The Kier molecular flexibility index (Phi) is 44.4. The topological polar surface area (TPSA) is 246 Å². The first kappa shape index (κ1) is 110. The fraction of sp³-hybridized carbons (Fsp3) is 0.548. The third-order valence-corrected chi connectivity index (χ3v) is 30.6. The molecule has 18 aliphatic heterocycles. The SMILES string of the molecule is CCCCCCCCC(CCCCCCCC)N1C(=O)c2c3ccc(c2C1=O)Nc1ccc(cc1)Nc1ccc(c2c1C(=O)N(C(CCCCCCCC)CCCCCCCC)C2=O)Nc1ccc(cc1)Nc1ccc(c2c1C(=O)N(C(CCCCCCCC)CCCCCCCC)C2=O)Nc1ccc(cc1)Nc1ccc(c2c1C(=O)N(C(CCCCCCCC)CCCCCCCC)C2=O)Nc1ccc(cc1)N3. The van der Waals surface area contributed by atoms with Gasteiger partial charge in [0.05, 0.1) is 90.0 Å². The summed E-state index contributed by atoms with van der Waals surface area (Å²) in [6.07, 6.45) is 57.7. The number of imide groups is 4. The second-order valence-electron chi connectivity index (χ2n) is 41.9. The molecule has 0 radical (unpaired) electrons. The molecule has 20 nitrogen and oxygen atoms in total. The van der Waals surface area contributed by atoms with Crippen molar-refractivity contribution >= 4 is 138 Å². The molecule has 8 aromatic rings. The minimum absolute atomic E-state index is 0.291. The Morgan fingerprint density at radius 2 is 0.243 bits per heavy atom.